The molecule has 0 fully saturated rings. The second-order valence-corrected chi connectivity index (χ2v) is 5.89. The van der Waals surface area contributed by atoms with Crippen molar-refractivity contribution in [2.45, 2.75) is 19.6 Å². The summed E-state index contributed by atoms with van der Waals surface area (Å²) >= 11 is 5.23. The molecule has 5 heteroatoms. The Kier molecular flexibility index (Phi) is 4.39. The fraction of sp³-hybridized carbons (Fsp3) is 0.333. The molecule has 0 atom stereocenters. The average molecular weight is 315 g/mol. The Morgan fingerprint density at radius 2 is 2.29 bits per heavy atom. The van der Waals surface area contributed by atoms with Crippen LogP contribution in [0.25, 0.3) is 0 Å². The molecule has 0 aliphatic rings. The Bertz CT molecular complexity index is 480. The van der Waals surface area contributed by atoms with Crippen molar-refractivity contribution >= 4 is 27.3 Å². The Morgan fingerprint density at radius 1 is 1.47 bits per heavy atom. The highest BCUT2D eigenvalue weighted by Gasteiger charge is 2.08. The molecule has 0 amide bonds. The van der Waals surface area contributed by atoms with Crippen LogP contribution in [0.1, 0.15) is 16.2 Å². The molecule has 0 spiro atoms. The van der Waals surface area contributed by atoms with Gasteiger partial charge in [-0.15, -0.1) is 11.3 Å². The molecule has 2 aromatic heterocycles. The third-order valence-corrected chi connectivity index (χ3v) is 4.19. The van der Waals surface area contributed by atoms with Crippen molar-refractivity contribution in [3.63, 3.8) is 0 Å². The molecule has 2 rings (SSSR count). The molecule has 17 heavy (non-hydrogen) atoms. The van der Waals surface area contributed by atoms with Gasteiger partial charge in [0.25, 0.3) is 0 Å². The average Bonchev–Trinajstić information content (AvgIpc) is 2.87. The first-order valence-electron chi connectivity index (χ1n) is 5.36. The lowest BCUT2D eigenvalue weighted by Crippen LogP contribution is -2.17. The van der Waals surface area contributed by atoms with Gasteiger partial charge >= 0.3 is 0 Å². The van der Waals surface area contributed by atoms with Crippen molar-refractivity contribution < 1.29 is 4.42 Å². The topological polar surface area (TPSA) is 42.4 Å². The SMILES string of the molecule is CN(Cc1cc(Br)cs1)Cc1ccoc1CN. The van der Waals surface area contributed by atoms with E-state index < -0.39 is 0 Å². The monoisotopic (exact) mass is 314 g/mol. The molecule has 3 nitrogen and oxygen atoms in total. The van der Waals surface area contributed by atoms with Gasteiger partial charge in [0.1, 0.15) is 5.76 Å². The molecule has 2 aromatic rings. The summed E-state index contributed by atoms with van der Waals surface area (Å²) in [6.45, 7) is 2.25. The van der Waals surface area contributed by atoms with Crippen molar-refractivity contribution in [3.8, 4) is 0 Å². The van der Waals surface area contributed by atoms with Crippen molar-refractivity contribution in [1.29, 1.82) is 0 Å². The molecule has 92 valence electrons. The van der Waals surface area contributed by atoms with Gasteiger partial charge in [-0.3, -0.25) is 4.90 Å². The van der Waals surface area contributed by atoms with Crippen molar-refractivity contribution in [2.75, 3.05) is 7.05 Å². The zero-order valence-electron chi connectivity index (χ0n) is 9.65. The first-order valence-corrected chi connectivity index (χ1v) is 7.03. The van der Waals surface area contributed by atoms with E-state index >= 15 is 0 Å². The van der Waals surface area contributed by atoms with Crippen LogP contribution in [0.15, 0.2) is 32.7 Å². The lowest BCUT2D eigenvalue weighted by molar-refractivity contribution is 0.318. The summed E-state index contributed by atoms with van der Waals surface area (Å²) in [5, 5.41) is 2.10. The molecular formula is C12H15BrN2OS. The standard InChI is InChI=1S/C12H15BrN2OS/c1-15(7-11-4-10(13)8-17-11)6-9-2-3-16-12(9)5-14/h2-4,8H,5-7,14H2,1H3. The molecule has 0 bridgehead atoms. The molecule has 0 aliphatic carbocycles. The quantitative estimate of drug-likeness (QED) is 0.921. The van der Waals surface area contributed by atoms with Gasteiger partial charge in [0, 0.05) is 33.4 Å². The molecule has 0 aliphatic heterocycles. The summed E-state index contributed by atoms with van der Waals surface area (Å²) in [6.07, 6.45) is 1.70. The largest absolute Gasteiger partial charge is 0.468 e. The van der Waals surface area contributed by atoms with Gasteiger partial charge in [-0.05, 0) is 35.1 Å². The fourth-order valence-electron chi connectivity index (χ4n) is 1.74. The highest BCUT2D eigenvalue weighted by atomic mass is 79.9. The van der Waals surface area contributed by atoms with Crippen molar-refractivity contribution in [1.82, 2.24) is 4.90 Å². The maximum Gasteiger partial charge on any atom is 0.121 e. The van der Waals surface area contributed by atoms with E-state index in [1.807, 2.05) is 6.07 Å². The van der Waals surface area contributed by atoms with E-state index in [0.29, 0.717) is 6.54 Å². The number of rotatable bonds is 5. The smallest absolute Gasteiger partial charge is 0.121 e. The molecule has 2 N–H and O–H groups in total. The van der Waals surface area contributed by atoms with Gasteiger partial charge in [0.05, 0.1) is 12.8 Å². The number of nitrogens with zero attached hydrogens (tertiary/aromatic N) is 1. The number of furan rings is 1. The maximum atomic E-state index is 5.61. The third-order valence-electron chi connectivity index (χ3n) is 2.51. The summed E-state index contributed by atoms with van der Waals surface area (Å²) in [5.41, 5.74) is 6.78. The van der Waals surface area contributed by atoms with Crippen LogP contribution >= 0.6 is 27.3 Å². The van der Waals surface area contributed by atoms with Crippen LogP contribution in [0.2, 0.25) is 0 Å². The fourth-order valence-corrected chi connectivity index (χ4v) is 3.27. The lowest BCUT2D eigenvalue weighted by atomic mass is 10.2. The minimum absolute atomic E-state index is 0.459. The minimum Gasteiger partial charge on any atom is -0.468 e. The van der Waals surface area contributed by atoms with E-state index in [2.05, 4.69) is 39.3 Å². The first-order chi connectivity index (χ1) is 8.19. The third kappa shape index (κ3) is 3.42. The number of hydrogen-bond acceptors (Lipinski definition) is 4. The van der Waals surface area contributed by atoms with E-state index in [1.54, 1.807) is 17.6 Å². The van der Waals surface area contributed by atoms with Crippen LogP contribution in [-0.2, 0) is 19.6 Å². The normalized spacial score (nSPS) is 11.3. The van der Waals surface area contributed by atoms with Crippen LogP contribution in [-0.4, -0.2) is 11.9 Å². The Hall–Kier alpha value is -0.620. The molecule has 2 heterocycles. The molecule has 0 unspecified atom stereocenters. The van der Waals surface area contributed by atoms with Crippen LogP contribution in [0, 0.1) is 0 Å². The number of halogens is 1. The zero-order chi connectivity index (χ0) is 12.3. The van der Waals surface area contributed by atoms with Gasteiger partial charge in [-0.1, -0.05) is 0 Å². The summed E-state index contributed by atoms with van der Waals surface area (Å²) in [4.78, 5) is 3.60. The number of hydrogen-bond donors (Lipinski definition) is 1. The van der Waals surface area contributed by atoms with Crippen LogP contribution in [0.5, 0.6) is 0 Å². The lowest BCUT2D eigenvalue weighted by Gasteiger charge is -2.15. The molecule has 0 saturated heterocycles. The summed E-state index contributed by atoms with van der Waals surface area (Å²) in [6, 6.07) is 4.14. The van der Waals surface area contributed by atoms with Crippen LogP contribution in [0.4, 0.5) is 0 Å². The van der Waals surface area contributed by atoms with Crippen LogP contribution < -0.4 is 5.73 Å². The molecular weight excluding hydrogens is 300 g/mol. The summed E-state index contributed by atoms with van der Waals surface area (Å²) in [7, 11) is 2.10. The zero-order valence-corrected chi connectivity index (χ0v) is 12.1. The van der Waals surface area contributed by atoms with Gasteiger partial charge in [0.2, 0.25) is 0 Å². The van der Waals surface area contributed by atoms with E-state index in [9.17, 15) is 0 Å². The Balaban J connectivity index is 1.95. The summed E-state index contributed by atoms with van der Waals surface area (Å²) < 4.78 is 6.46. The first kappa shape index (κ1) is 12.8. The molecule has 0 aromatic carbocycles. The van der Waals surface area contributed by atoms with E-state index in [0.717, 1.165) is 23.3 Å². The maximum absolute atomic E-state index is 5.61. The number of nitrogens with two attached hydrogens (primary N) is 1. The molecule has 0 radical (unpaired) electrons. The highest BCUT2D eigenvalue weighted by Crippen LogP contribution is 2.21. The predicted molar refractivity (Wildman–Crippen MR) is 73.8 cm³/mol. The van der Waals surface area contributed by atoms with Crippen LogP contribution in [0.3, 0.4) is 0 Å². The van der Waals surface area contributed by atoms with Gasteiger partial charge in [-0.2, -0.15) is 0 Å². The van der Waals surface area contributed by atoms with E-state index in [1.165, 1.54) is 10.4 Å². The highest BCUT2D eigenvalue weighted by molar-refractivity contribution is 9.10. The van der Waals surface area contributed by atoms with Crippen molar-refractivity contribution in [2.24, 2.45) is 5.73 Å². The summed E-state index contributed by atoms with van der Waals surface area (Å²) in [5.74, 6) is 0.879. The van der Waals surface area contributed by atoms with Gasteiger partial charge in [-0.25, -0.2) is 0 Å². The second-order valence-electron chi connectivity index (χ2n) is 3.98. The van der Waals surface area contributed by atoms with E-state index in [-0.39, 0.29) is 0 Å². The predicted octanol–water partition coefficient (Wildman–Crippen LogP) is 3.19. The Morgan fingerprint density at radius 3 is 2.94 bits per heavy atom. The minimum atomic E-state index is 0.459. The second kappa shape index (κ2) is 5.82. The Labute approximate surface area is 113 Å². The van der Waals surface area contributed by atoms with Gasteiger partial charge in [0.15, 0.2) is 0 Å². The van der Waals surface area contributed by atoms with E-state index in [4.69, 9.17) is 10.2 Å². The molecule has 0 saturated carbocycles. The number of thiophene rings is 1. The van der Waals surface area contributed by atoms with Gasteiger partial charge < -0.3 is 10.2 Å². The van der Waals surface area contributed by atoms with Crippen molar-refractivity contribution in [3.05, 3.63) is 44.4 Å².